The fourth-order valence-corrected chi connectivity index (χ4v) is 4.37. The summed E-state index contributed by atoms with van der Waals surface area (Å²) in [5.74, 6) is 1.28. The number of hydrogen-bond acceptors (Lipinski definition) is 4. The van der Waals surface area contributed by atoms with Crippen LogP contribution in [0.1, 0.15) is 56.7 Å². The lowest BCUT2D eigenvalue weighted by Gasteiger charge is -2.20. The molecule has 0 saturated carbocycles. The Hall–Kier alpha value is -2.41. The van der Waals surface area contributed by atoms with Gasteiger partial charge in [-0.15, -0.1) is 10.2 Å². The Morgan fingerprint density at radius 1 is 1.31 bits per heavy atom. The van der Waals surface area contributed by atoms with Crippen LogP contribution in [0.15, 0.2) is 24.3 Å². The van der Waals surface area contributed by atoms with Gasteiger partial charge in [-0.25, -0.2) is 0 Å². The first-order valence-corrected chi connectivity index (χ1v) is 10.7. The predicted octanol–water partition coefficient (Wildman–Crippen LogP) is 3.28. The lowest BCUT2D eigenvalue weighted by atomic mass is 10.1. The fourth-order valence-electron chi connectivity index (χ4n) is 4.18. The number of hydrogen-bond donors (Lipinski definition) is 1. The lowest BCUT2D eigenvalue weighted by Crippen LogP contribution is -2.36. The highest BCUT2D eigenvalue weighted by atomic mass is 35.5. The molecule has 3 heterocycles. The summed E-state index contributed by atoms with van der Waals surface area (Å²) in [6.45, 7) is 3.29. The summed E-state index contributed by atoms with van der Waals surface area (Å²) >= 11 is 6.05. The highest BCUT2D eigenvalue weighted by Crippen LogP contribution is 2.28. The topological polar surface area (TPSA) is 80.1 Å². The van der Waals surface area contributed by atoms with Gasteiger partial charge in [0.1, 0.15) is 5.82 Å². The summed E-state index contributed by atoms with van der Waals surface area (Å²) in [6, 6.07) is 6.97. The van der Waals surface area contributed by atoms with Crippen molar-refractivity contribution in [2.24, 2.45) is 5.92 Å². The standard InChI is InChI=1S/C21H26ClN5O2/c1-2-17(20-25-24-18-9-4-3-5-10-26(18)20)23-21(29)14-11-19(28)27(13-14)16-8-6-7-15(22)12-16/h6-8,12,14,17H,2-5,9-11,13H2,1H3,(H,23,29)/t14-,17-/m0/s1. The molecule has 2 aliphatic heterocycles. The molecule has 2 amide bonds. The van der Waals surface area contributed by atoms with E-state index in [1.54, 1.807) is 17.0 Å². The molecule has 0 bridgehead atoms. The number of rotatable bonds is 5. The Morgan fingerprint density at radius 3 is 2.97 bits per heavy atom. The van der Waals surface area contributed by atoms with Crippen molar-refractivity contribution in [3.05, 3.63) is 40.9 Å². The second-order valence-corrected chi connectivity index (χ2v) is 8.23. The molecule has 29 heavy (non-hydrogen) atoms. The summed E-state index contributed by atoms with van der Waals surface area (Å²) in [6.07, 6.45) is 5.28. The molecule has 7 nitrogen and oxygen atoms in total. The average Bonchev–Trinajstić information content (AvgIpc) is 3.22. The Labute approximate surface area is 175 Å². The van der Waals surface area contributed by atoms with Crippen LogP contribution in [0.4, 0.5) is 5.69 Å². The molecule has 1 N–H and O–H groups in total. The number of benzene rings is 1. The summed E-state index contributed by atoms with van der Waals surface area (Å²) in [7, 11) is 0. The summed E-state index contributed by atoms with van der Waals surface area (Å²) in [5.41, 5.74) is 0.729. The minimum absolute atomic E-state index is 0.0585. The maximum atomic E-state index is 13.0. The van der Waals surface area contributed by atoms with E-state index in [-0.39, 0.29) is 30.2 Å². The van der Waals surface area contributed by atoms with E-state index in [4.69, 9.17) is 11.6 Å². The average molecular weight is 416 g/mol. The molecule has 2 aliphatic rings. The van der Waals surface area contributed by atoms with Crippen molar-refractivity contribution in [3.63, 3.8) is 0 Å². The van der Waals surface area contributed by atoms with Crippen LogP contribution in [0.5, 0.6) is 0 Å². The van der Waals surface area contributed by atoms with Crippen LogP contribution in [0.25, 0.3) is 0 Å². The van der Waals surface area contributed by atoms with E-state index in [0.717, 1.165) is 49.6 Å². The SMILES string of the molecule is CC[C@H](NC(=O)[C@H]1CC(=O)N(c2cccc(Cl)c2)C1)c1nnc2n1CCCCC2. The van der Waals surface area contributed by atoms with Crippen LogP contribution >= 0.6 is 11.6 Å². The number of carbonyl (C=O) groups is 2. The minimum Gasteiger partial charge on any atom is -0.346 e. The van der Waals surface area contributed by atoms with Crippen LogP contribution in [-0.2, 0) is 22.6 Å². The van der Waals surface area contributed by atoms with Crippen molar-refractivity contribution in [1.29, 1.82) is 0 Å². The molecule has 8 heteroatoms. The van der Waals surface area contributed by atoms with Crippen molar-refractivity contribution in [1.82, 2.24) is 20.1 Å². The van der Waals surface area contributed by atoms with Gasteiger partial charge in [-0.1, -0.05) is 31.0 Å². The molecule has 0 unspecified atom stereocenters. The van der Waals surface area contributed by atoms with Gasteiger partial charge in [-0.05, 0) is 37.5 Å². The number of amides is 2. The third-order valence-corrected chi connectivity index (χ3v) is 6.03. The number of nitrogens with one attached hydrogen (secondary N) is 1. The monoisotopic (exact) mass is 415 g/mol. The number of carbonyl (C=O) groups excluding carboxylic acids is 2. The molecule has 1 aromatic heterocycles. The van der Waals surface area contributed by atoms with Crippen LogP contribution in [0.2, 0.25) is 5.02 Å². The molecule has 0 aliphatic carbocycles. The van der Waals surface area contributed by atoms with Gasteiger partial charge < -0.3 is 14.8 Å². The van der Waals surface area contributed by atoms with Crippen molar-refractivity contribution in [3.8, 4) is 0 Å². The Morgan fingerprint density at radius 2 is 2.17 bits per heavy atom. The van der Waals surface area contributed by atoms with E-state index < -0.39 is 0 Å². The smallest absolute Gasteiger partial charge is 0.227 e. The van der Waals surface area contributed by atoms with Crippen LogP contribution < -0.4 is 10.2 Å². The van der Waals surface area contributed by atoms with Crippen LogP contribution in [-0.4, -0.2) is 33.1 Å². The van der Waals surface area contributed by atoms with Gasteiger partial charge in [0.15, 0.2) is 5.82 Å². The molecule has 0 spiro atoms. The third kappa shape index (κ3) is 4.15. The van der Waals surface area contributed by atoms with Gasteiger partial charge >= 0.3 is 0 Å². The van der Waals surface area contributed by atoms with Crippen molar-refractivity contribution in [2.75, 3.05) is 11.4 Å². The highest BCUT2D eigenvalue weighted by Gasteiger charge is 2.36. The Balaban J connectivity index is 1.46. The first-order valence-electron chi connectivity index (χ1n) is 10.3. The first-order chi connectivity index (χ1) is 14.1. The number of nitrogens with zero attached hydrogens (tertiary/aromatic N) is 4. The summed E-state index contributed by atoms with van der Waals surface area (Å²) in [5, 5.41) is 12.4. The Bertz CT molecular complexity index is 912. The van der Waals surface area contributed by atoms with Gasteiger partial charge in [-0.3, -0.25) is 9.59 Å². The maximum absolute atomic E-state index is 13.0. The van der Waals surface area contributed by atoms with E-state index in [9.17, 15) is 9.59 Å². The molecule has 1 saturated heterocycles. The maximum Gasteiger partial charge on any atom is 0.227 e. The van der Waals surface area contributed by atoms with Crippen LogP contribution in [0, 0.1) is 5.92 Å². The van der Waals surface area contributed by atoms with E-state index in [0.29, 0.717) is 11.6 Å². The third-order valence-electron chi connectivity index (χ3n) is 5.79. The molecule has 4 rings (SSSR count). The van der Waals surface area contributed by atoms with E-state index in [2.05, 4.69) is 20.1 Å². The number of aryl methyl sites for hydroxylation is 1. The van der Waals surface area contributed by atoms with Crippen molar-refractivity contribution in [2.45, 2.75) is 58.0 Å². The van der Waals surface area contributed by atoms with E-state index >= 15 is 0 Å². The van der Waals surface area contributed by atoms with Gasteiger partial charge in [0.05, 0.1) is 12.0 Å². The molecule has 1 aromatic carbocycles. The second-order valence-electron chi connectivity index (χ2n) is 7.79. The molecular weight excluding hydrogens is 390 g/mol. The summed E-state index contributed by atoms with van der Waals surface area (Å²) in [4.78, 5) is 27.1. The number of anilines is 1. The number of aromatic nitrogens is 3. The fraction of sp³-hybridized carbons (Fsp3) is 0.524. The van der Waals surface area contributed by atoms with E-state index in [1.807, 2.05) is 19.1 Å². The minimum atomic E-state index is -0.387. The van der Waals surface area contributed by atoms with Crippen LogP contribution in [0.3, 0.4) is 0 Å². The number of fused-ring (bicyclic) bond motifs is 1. The number of halogens is 1. The normalized spacial score (nSPS) is 20.3. The molecule has 1 fully saturated rings. The van der Waals surface area contributed by atoms with Gasteiger partial charge in [-0.2, -0.15) is 0 Å². The molecule has 2 aromatic rings. The Kier molecular flexibility index (Phi) is 5.85. The second kappa shape index (κ2) is 8.53. The van der Waals surface area contributed by atoms with Crippen molar-refractivity contribution < 1.29 is 9.59 Å². The zero-order valence-corrected chi connectivity index (χ0v) is 17.4. The van der Waals surface area contributed by atoms with Crippen molar-refractivity contribution >= 4 is 29.1 Å². The van der Waals surface area contributed by atoms with E-state index in [1.165, 1.54) is 6.42 Å². The summed E-state index contributed by atoms with van der Waals surface area (Å²) < 4.78 is 2.17. The quantitative estimate of drug-likeness (QED) is 0.812. The lowest BCUT2D eigenvalue weighted by molar-refractivity contribution is -0.127. The zero-order valence-electron chi connectivity index (χ0n) is 16.6. The van der Waals surface area contributed by atoms with Gasteiger partial charge in [0.2, 0.25) is 11.8 Å². The predicted molar refractivity (Wildman–Crippen MR) is 111 cm³/mol. The van der Waals surface area contributed by atoms with Gasteiger partial charge in [0, 0.05) is 36.6 Å². The van der Waals surface area contributed by atoms with Gasteiger partial charge in [0.25, 0.3) is 0 Å². The molecule has 154 valence electrons. The highest BCUT2D eigenvalue weighted by molar-refractivity contribution is 6.31. The molecular formula is C21H26ClN5O2. The molecule has 2 atom stereocenters. The first kappa shape index (κ1) is 19.9. The molecule has 0 radical (unpaired) electrons. The largest absolute Gasteiger partial charge is 0.346 e. The zero-order chi connectivity index (χ0) is 20.4.